The molecule has 440 valence electrons. The molecule has 6 aliphatic rings. The molecule has 6 aliphatic heterocycles. The minimum Gasteiger partial charge on any atom is -0.508 e. The molecule has 7 amide bonds. The number of aliphatic hydroxyl groups excluding tert-OH is 1. The number of phenols is 6. The summed E-state index contributed by atoms with van der Waals surface area (Å²) in [6.45, 7) is 0. The number of amides is 7. The zero-order valence-corrected chi connectivity index (χ0v) is 45.9. The Morgan fingerprint density at radius 1 is 0.523 bits per heavy atom. The second kappa shape index (κ2) is 22.6. The van der Waals surface area contributed by atoms with Crippen molar-refractivity contribution < 1.29 is 83.5 Å². The molecule has 7 aromatic rings. The maximum Gasteiger partial charge on any atom is 0.248 e. The molecule has 0 aliphatic carbocycles. The molecule has 27 heteroatoms. The second-order valence-electron chi connectivity index (χ2n) is 20.4. The average molecular weight is 1210 g/mol. The molecule has 0 fully saturated rings. The van der Waals surface area contributed by atoms with Crippen molar-refractivity contribution in [3.63, 3.8) is 0 Å². The Hall–Kier alpha value is -10.5. The lowest BCUT2D eigenvalue weighted by atomic mass is 9.89. The fourth-order valence-corrected chi connectivity index (χ4v) is 10.9. The second-order valence-corrected chi connectivity index (χ2v) is 21.2. The van der Waals surface area contributed by atoms with E-state index in [1.54, 1.807) is 0 Å². The van der Waals surface area contributed by atoms with Gasteiger partial charge >= 0.3 is 0 Å². The van der Waals surface area contributed by atoms with Gasteiger partial charge in [0.1, 0.15) is 88.6 Å². The molecule has 86 heavy (non-hydrogen) atoms. The van der Waals surface area contributed by atoms with Gasteiger partial charge in [0, 0.05) is 36.7 Å². The first-order chi connectivity index (χ1) is 41.0. The minimum atomic E-state index is -2.15. The van der Waals surface area contributed by atoms with Gasteiger partial charge in [-0.15, -0.1) is 0 Å². The monoisotopic (exact) mass is 1210 g/mol. The van der Waals surface area contributed by atoms with Crippen LogP contribution in [-0.2, 0) is 40.0 Å². The lowest BCUT2D eigenvalue weighted by molar-refractivity contribution is -0.137. The van der Waals surface area contributed by atoms with Crippen molar-refractivity contribution in [3.8, 4) is 80.1 Å². The number of hydrogen-bond donors (Lipinski definition) is 15. The number of carbonyl (C=O) groups is 7. The van der Waals surface area contributed by atoms with Gasteiger partial charge in [-0.05, 0) is 118 Å². The number of carbonyl (C=O) groups excluding carboxylic acids is 7. The van der Waals surface area contributed by atoms with Gasteiger partial charge in [-0.1, -0.05) is 47.5 Å². The van der Waals surface area contributed by atoms with E-state index in [9.17, 15) is 54.9 Å². The molecule has 0 radical (unpaired) electrons. The number of benzene rings is 7. The predicted molar refractivity (Wildman–Crippen MR) is 301 cm³/mol. The molecule has 25 nitrogen and oxygen atoms in total. The molecule has 16 N–H and O–H groups in total. The number of nitrogens with two attached hydrogens (primary N) is 1. The Bertz CT molecular complexity index is 4050. The summed E-state index contributed by atoms with van der Waals surface area (Å²) >= 11 is 13.7. The van der Waals surface area contributed by atoms with Gasteiger partial charge in [-0.25, -0.2) is 0 Å². The van der Waals surface area contributed by atoms with Gasteiger partial charge in [-0.3, -0.25) is 33.6 Å². The Morgan fingerprint density at radius 3 is 1.78 bits per heavy atom. The zero-order chi connectivity index (χ0) is 61.2. The Kier molecular flexibility index (Phi) is 15.1. The van der Waals surface area contributed by atoms with E-state index >= 15 is 14.4 Å². The molecule has 8 atom stereocenters. The van der Waals surface area contributed by atoms with E-state index < -0.39 is 136 Å². The highest BCUT2D eigenvalue weighted by molar-refractivity contribution is 6.32. The third kappa shape index (κ3) is 11.0. The lowest BCUT2D eigenvalue weighted by Crippen LogP contribution is -2.55. The maximum atomic E-state index is 15.7. The van der Waals surface area contributed by atoms with Crippen LogP contribution in [0, 0.1) is 0 Å². The largest absolute Gasteiger partial charge is 0.508 e. The third-order valence-corrected chi connectivity index (χ3v) is 15.3. The van der Waals surface area contributed by atoms with Crippen LogP contribution in [0.5, 0.6) is 69.0 Å². The molecule has 13 rings (SSSR count). The predicted octanol–water partition coefficient (Wildman–Crippen LogP) is 4.65. The van der Waals surface area contributed by atoms with E-state index in [1.807, 2.05) is 0 Å². The van der Waals surface area contributed by atoms with E-state index in [0.717, 1.165) is 54.6 Å². The normalized spacial score (nSPS) is 21.9. The van der Waals surface area contributed by atoms with E-state index in [1.165, 1.54) is 67.7 Å². The Balaban J connectivity index is 1.14. The summed E-state index contributed by atoms with van der Waals surface area (Å²) in [7, 11) is 1.22. The summed E-state index contributed by atoms with van der Waals surface area (Å²) in [5.74, 6) is -13.5. The van der Waals surface area contributed by atoms with Crippen LogP contribution in [0.25, 0.3) is 11.1 Å². The molecule has 7 aromatic carbocycles. The molecule has 0 spiro atoms. The van der Waals surface area contributed by atoms with E-state index in [2.05, 4.69) is 37.2 Å². The number of nitrogens with one attached hydrogen (secondary N) is 7. The smallest absolute Gasteiger partial charge is 0.248 e. The zero-order valence-electron chi connectivity index (χ0n) is 44.3. The maximum absolute atomic E-state index is 15.7. The molecule has 0 aromatic heterocycles. The standard InChI is InChI=1S/C59H48Cl2N8O17/c1-63-55(79)49-32-20-29(71)21-38(74)44(32)31-14-24(4-6-36(31)72)46-56(80)69-50(59(83)68-49)51(75)25-5-9-40(34(61)15-25)86-43-18-27-17-42(52(43)76)85-39-8-2-22(10-33(39)60)11-35-53(77)65-47(57(81)67-48(27)58(82)66-46)26-12-28(70)19-30(13-26)84-41-16-23(3-7-37(41)73)45(62)54(78)64-35/h2-10,12-21,35,45-51,70-76H,11,62H2,1H3,(H,63,79)(H,64,78)(H,65,77)(H,66,82)(H,67,81)(H,68,83)(H,69,80)/t35?,45?,46?,47?,48?,49-,50?,51?/m1/s1. The number of halogens is 2. The van der Waals surface area contributed by atoms with Gasteiger partial charge in [0.2, 0.25) is 47.1 Å². The molecular weight excluding hydrogens is 1160 g/mol. The molecule has 0 saturated heterocycles. The number of ether oxygens (including phenoxy) is 3. The first-order valence-corrected chi connectivity index (χ1v) is 26.8. The van der Waals surface area contributed by atoms with Crippen LogP contribution in [-0.4, -0.2) is 96.2 Å². The first kappa shape index (κ1) is 57.4. The Labute approximate surface area is 495 Å². The lowest BCUT2D eigenvalue weighted by Gasteiger charge is -2.31. The summed E-state index contributed by atoms with van der Waals surface area (Å²) in [6, 6.07) is 9.29. The topological polar surface area (TPSA) is 399 Å². The van der Waals surface area contributed by atoms with Crippen LogP contribution in [0.1, 0.15) is 75.3 Å². The van der Waals surface area contributed by atoms with Crippen LogP contribution in [0.15, 0.2) is 115 Å². The summed E-state index contributed by atoms with van der Waals surface area (Å²) in [6.07, 6.45) is -2.40. The highest BCUT2D eigenvalue weighted by atomic mass is 35.5. The van der Waals surface area contributed by atoms with Crippen molar-refractivity contribution in [2.75, 3.05) is 7.05 Å². The fraction of sp³-hybridized carbons (Fsp3) is 0.169. The molecular formula is C59H48Cl2N8O17. The van der Waals surface area contributed by atoms with Crippen LogP contribution in [0.3, 0.4) is 0 Å². The van der Waals surface area contributed by atoms with Crippen LogP contribution in [0.4, 0.5) is 0 Å². The molecule has 0 saturated carbocycles. The third-order valence-electron chi connectivity index (χ3n) is 14.7. The number of aliphatic hydroxyl groups is 1. The molecule has 6 heterocycles. The van der Waals surface area contributed by atoms with Gasteiger partial charge in [-0.2, -0.15) is 0 Å². The number of likely N-dealkylation sites (N-methyl/N-ethyl adjacent to an activating group) is 1. The van der Waals surface area contributed by atoms with Crippen molar-refractivity contribution in [3.05, 3.63) is 164 Å². The highest BCUT2D eigenvalue weighted by Gasteiger charge is 2.41. The number of phenolic OH excluding ortho intramolecular Hbond substituents is 6. The summed E-state index contributed by atoms with van der Waals surface area (Å²) in [5, 5.41) is 97.6. The molecule has 7 unspecified atom stereocenters. The van der Waals surface area contributed by atoms with Crippen LogP contribution >= 0.6 is 23.2 Å². The SMILES string of the molecule is CNC(=O)[C@@H]1NC(=O)C2NC(=O)C(NC(=O)C3NC(=O)C4NC(=O)C(Cc5ccc(c(Cl)c5)Oc5cc3cc(c5O)Oc3ccc(cc3Cl)C2O)NC(=O)C(N)c2ccc(O)c(c2)Oc2cc(O)cc4c2)c2ccc(O)c(c2)-c2c(O)cc(O)cc21. The van der Waals surface area contributed by atoms with Gasteiger partial charge < -0.3 is 92.9 Å². The van der Waals surface area contributed by atoms with Crippen molar-refractivity contribution in [1.29, 1.82) is 0 Å². The average Bonchev–Trinajstić information content (AvgIpc) is 2.09. The van der Waals surface area contributed by atoms with E-state index in [0.29, 0.717) is 5.56 Å². The molecule has 17 bridgehead atoms. The summed E-state index contributed by atoms with van der Waals surface area (Å²) in [5.41, 5.74) is 5.00. The van der Waals surface area contributed by atoms with Crippen molar-refractivity contribution >= 4 is 64.6 Å². The minimum absolute atomic E-state index is 0.118. The fourth-order valence-electron chi connectivity index (χ4n) is 10.4. The van der Waals surface area contributed by atoms with Crippen molar-refractivity contribution in [2.24, 2.45) is 5.73 Å². The van der Waals surface area contributed by atoms with Gasteiger partial charge in [0.15, 0.2) is 23.0 Å². The first-order valence-electron chi connectivity index (χ1n) is 26.0. The van der Waals surface area contributed by atoms with Gasteiger partial charge in [0.05, 0.1) is 10.0 Å². The number of rotatable bonds is 1. The van der Waals surface area contributed by atoms with Crippen molar-refractivity contribution in [1.82, 2.24) is 37.2 Å². The van der Waals surface area contributed by atoms with E-state index in [4.69, 9.17) is 43.1 Å². The van der Waals surface area contributed by atoms with E-state index in [-0.39, 0.29) is 84.0 Å². The summed E-state index contributed by atoms with van der Waals surface area (Å²) in [4.78, 5) is 104. The number of aromatic hydroxyl groups is 6. The summed E-state index contributed by atoms with van der Waals surface area (Å²) < 4.78 is 18.5. The van der Waals surface area contributed by atoms with Crippen LogP contribution < -0.4 is 57.2 Å². The number of fused-ring (bicyclic) bond motifs is 14. The quantitative estimate of drug-likeness (QED) is 0.106. The van der Waals surface area contributed by atoms with Crippen molar-refractivity contribution in [2.45, 2.75) is 54.8 Å². The Morgan fingerprint density at radius 2 is 1.10 bits per heavy atom. The van der Waals surface area contributed by atoms with Crippen LogP contribution in [0.2, 0.25) is 10.0 Å². The number of hydrogen-bond acceptors (Lipinski definition) is 18. The highest BCUT2D eigenvalue weighted by Crippen LogP contribution is 2.48. The van der Waals surface area contributed by atoms with Gasteiger partial charge in [0.25, 0.3) is 0 Å².